The van der Waals surface area contributed by atoms with Crippen molar-refractivity contribution in [3.63, 3.8) is 0 Å². The second kappa shape index (κ2) is 8.74. The van der Waals surface area contributed by atoms with E-state index in [1.54, 1.807) is 11.1 Å². The number of rotatable bonds is 3. The maximum absolute atomic E-state index is 2.49. The fourth-order valence-electron chi connectivity index (χ4n) is 6.48. The Morgan fingerprint density at radius 2 is 1.19 bits per heavy atom. The summed E-state index contributed by atoms with van der Waals surface area (Å²) in [5.74, 6) is 1.46. The van der Waals surface area contributed by atoms with E-state index >= 15 is 0 Å². The Labute approximate surface area is 192 Å². The summed E-state index contributed by atoms with van der Waals surface area (Å²) in [6.07, 6.45) is 13.8. The standard InChI is InChI=1S/C32H34/c1-4-10-23(11-5-1)26-16-17-27-22-31-28(21-29(27)20-26)18-19-30(24-12-6-2-7-13-24)32(31)25-14-8-3-9-15-25/h3,8-9,14-24H,1-2,4-7,10-13H2. The normalized spacial score (nSPS) is 18.4. The van der Waals surface area contributed by atoms with Crippen molar-refractivity contribution in [2.75, 3.05) is 0 Å². The van der Waals surface area contributed by atoms with E-state index in [2.05, 4.69) is 72.8 Å². The van der Waals surface area contributed by atoms with Crippen molar-refractivity contribution in [2.24, 2.45) is 0 Å². The predicted octanol–water partition coefficient (Wildman–Crippen LogP) is 9.76. The van der Waals surface area contributed by atoms with Gasteiger partial charge < -0.3 is 0 Å². The van der Waals surface area contributed by atoms with Crippen molar-refractivity contribution in [1.82, 2.24) is 0 Å². The molecule has 0 radical (unpaired) electrons. The second-order valence-electron chi connectivity index (χ2n) is 10.2. The molecule has 0 bridgehead atoms. The van der Waals surface area contributed by atoms with Crippen LogP contribution in [0.5, 0.6) is 0 Å². The summed E-state index contributed by atoms with van der Waals surface area (Å²) >= 11 is 0. The van der Waals surface area contributed by atoms with Crippen LogP contribution in [0.2, 0.25) is 0 Å². The summed E-state index contributed by atoms with van der Waals surface area (Å²) < 4.78 is 0. The molecule has 6 rings (SSSR count). The number of hydrogen-bond donors (Lipinski definition) is 0. The summed E-state index contributed by atoms with van der Waals surface area (Å²) in [7, 11) is 0. The van der Waals surface area contributed by atoms with Crippen molar-refractivity contribution in [3.8, 4) is 11.1 Å². The van der Waals surface area contributed by atoms with Gasteiger partial charge in [-0.25, -0.2) is 0 Å². The summed E-state index contributed by atoms with van der Waals surface area (Å²) in [6, 6.07) is 28.2. The molecule has 2 saturated carbocycles. The van der Waals surface area contributed by atoms with E-state index in [-0.39, 0.29) is 0 Å². The first-order chi connectivity index (χ1) is 15.9. The fourth-order valence-corrected chi connectivity index (χ4v) is 6.48. The number of benzene rings is 4. The molecule has 0 amide bonds. The van der Waals surface area contributed by atoms with Gasteiger partial charge in [-0.3, -0.25) is 0 Å². The van der Waals surface area contributed by atoms with Crippen molar-refractivity contribution in [2.45, 2.75) is 76.0 Å². The van der Waals surface area contributed by atoms with Gasteiger partial charge in [0.05, 0.1) is 0 Å². The first-order valence-corrected chi connectivity index (χ1v) is 12.9. The van der Waals surface area contributed by atoms with E-state index < -0.39 is 0 Å². The topological polar surface area (TPSA) is 0 Å². The van der Waals surface area contributed by atoms with Gasteiger partial charge in [-0.2, -0.15) is 0 Å². The zero-order valence-corrected chi connectivity index (χ0v) is 19.2. The minimum atomic E-state index is 0.702. The second-order valence-corrected chi connectivity index (χ2v) is 10.2. The predicted molar refractivity (Wildman–Crippen MR) is 139 cm³/mol. The molecule has 0 heteroatoms. The molecule has 2 fully saturated rings. The molecule has 0 heterocycles. The van der Waals surface area contributed by atoms with E-state index in [0.717, 1.165) is 5.92 Å². The van der Waals surface area contributed by atoms with Gasteiger partial charge in [-0.05, 0) is 93.5 Å². The highest BCUT2D eigenvalue weighted by Gasteiger charge is 2.21. The van der Waals surface area contributed by atoms with Gasteiger partial charge in [0.2, 0.25) is 0 Å². The molecule has 0 aromatic heterocycles. The molecule has 32 heavy (non-hydrogen) atoms. The van der Waals surface area contributed by atoms with Crippen LogP contribution in [0.15, 0.2) is 72.8 Å². The van der Waals surface area contributed by atoms with Crippen LogP contribution >= 0.6 is 0 Å². The average molecular weight is 419 g/mol. The van der Waals surface area contributed by atoms with Crippen LogP contribution in [0.25, 0.3) is 32.7 Å². The van der Waals surface area contributed by atoms with Gasteiger partial charge >= 0.3 is 0 Å². The Balaban J connectivity index is 1.52. The van der Waals surface area contributed by atoms with Gasteiger partial charge in [0.1, 0.15) is 0 Å². The van der Waals surface area contributed by atoms with Crippen LogP contribution < -0.4 is 0 Å². The lowest BCUT2D eigenvalue weighted by Gasteiger charge is -2.26. The van der Waals surface area contributed by atoms with Gasteiger partial charge in [0.25, 0.3) is 0 Å². The van der Waals surface area contributed by atoms with Crippen molar-refractivity contribution in [3.05, 3.63) is 83.9 Å². The van der Waals surface area contributed by atoms with Crippen molar-refractivity contribution >= 4 is 21.5 Å². The van der Waals surface area contributed by atoms with Crippen LogP contribution in [0.3, 0.4) is 0 Å². The molecule has 162 valence electrons. The van der Waals surface area contributed by atoms with E-state index in [9.17, 15) is 0 Å². The highest BCUT2D eigenvalue weighted by Crippen LogP contribution is 2.43. The Morgan fingerprint density at radius 3 is 1.94 bits per heavy atom. The lowest BCUT2D eigenvalue weighted by atomic mass is 9.79. The molecular formula is C32H34. The summed E-state index contributed by atoms with van der Waals surface area (Å²) in [5.41, 5.74) is 5.98. The molecule has 0 spiro atoms. The molecule has 0 unspecified atom stereocenters. The zero-order chi connectivity index (χ0) is 21.3. The highest BCUT2D eigenvalue weighted by atomic mass is 14.3. The van der Waals surface area contributed by atoms with Gasteiger partial charge in [-0.15, -0.1) is 0 Å². The SMILES string of the molecule is c1ccc(-c2c(C3CCCCC3)ccc3cc4cc(C5CCCCC5)ccc4cc23)cc1. The molecular weight excluding hydrogens is 384 g/mol. The van der Waals surface area contributed by atoms with Gasteiger partial charge in [0, 0.05) is 0 Å². The molecule has 0 saturated heterocycles. The van der Waals surface area contributed by atoms with Crippen LogP contribution in [-0.2, 0) is 0 Å². The molecule has 4 aromatic rings. The molecule has 0 nitrogen and oxygen atoms in total. The highest BCUT2D eigenvalue weighted by molar-refractivity contribution is 6.06. The third-order valence-electron chi connectivity index (χ3n) is 8.22. The summed E-state index contributed by atoms with van der Waals surface area (Å²) in [4.78, 5) is 0. The fraction of sp³-hybridized carbons (Fsp3) is 0.375. The molecule has 0 aliphatic heterocycles. The summed E-state index contributed by atoms with van der Waals surface area (Å²) in [6.45, 7) is 0. The minimum absolute atomic E-state index is 0.702. The monoisotopic (exact) mass is 418 g/mol. The number of fused-ring (bicyclic) bond motifs is 2. The van der Waals surface area contributed by atoms with Crippen LogP contribution in [0.4, 0.5) is 0 Å². The largest absolute Gasteiger partial charge is 0.0622 e. The summed E-state index contributed by atoms with van der Waals surface area (Å²) in [5, 5.41) is 5.61. The quantitative estimate of drug-likeness (QED) is 0.290. The third-order valence-corrected chi connectivity index (χ3v) is 8.22. The maximum atomic E-state index is 2.49. The molecule has 4 aromatic carbocycles. The minimum Gasteiger partial charge on any atom is -0.0622 e. The Hall–Kier alpha value is -2.60. The van der Waals surface area contributed by atoms with E-state index in [4.69, 9.17) is 0 Å². The van der Waals surface area contributed by atoms with Crippen LogP contribution in [-0.4, -0.2) is 0 Å². The van der Waals surface area contributed by atoms with Crippen molar-refractivity contribution < 1.29 is 0 Å². The van der Waals surface area contributed by atoms with Crippen LogP contribution in [0.1, 0.15) is 87.2 Å². The molecule has 2 aliphatic carbocycles. The van der Waals surface area contributed by atoms with Crippen LogP contribution in [0, 0.1) is 0 Å². The maximum Gasteiger partial charge on any atom is -0.00703 e. The molecule has 2 aliphatic rings. The first-order valence-electron chi connectivity index (χ1n) is 12.9. The zero-order valence-electron chi connectivity index (χ0n) is 19.2. The van der Waals surface area contributed by atoms with Crippen molar-refractivity contribution in [1.29, 1.82) is 0 Å². The average Bonchev–Trinajstić information content (AvgIpc) is 2.88. The molecule has 0 N–H and O–H groups in total. The van der Waals surface area contributed by atoms with E-state index in [0.29, 0.717) is 5.92 Å². The Bertz CT molecular complexity index is 1220. The Morgan fingerprint density at radius 1 is 0.500 bits per heavy atom. The van der Waals surface area contributed by atoms with E-state index in [1.165, 1.54) is 96.9 Å². The van der Waals surface area contributed by atoms with E-state index in [1.807, 2.05) is 0 Å². The molecule has 0 atom stereocenters. The number of hydrogen-bond acceptors (Lipinski definition) is 0. The van der Waals surface area contributed by atoms with Gasteiger partial charge in [0.15, 0.2) is 0 Å². The van der Waals surface area contributed by atoms with Gasteiger partial charge in [-0.1, -0.05) is 99.2 Å². The third kappa shape index (κ3) is 3.75. The smallest absolute Gasteiger partial charge is 0.00703 e. The Kier molecular flexibility index (Phi) is 5.47. The lowest BCUT2D eigenvalue weighted by Crippen LogP contribution is -2.06. The lowest BCUT2D eigenvalue weighted by molar-refractivity contribution is 0.444. The first kappa shape index (κ1) is 20.0.